The number of primary amides is 1. The number of para-hydroxylation sites is 2. The fraction of sp³-hybridized carbons (Fsp3) is 0.200. The average molecular weight is 522 g/mol. The molecule has 0 aliphatic carbocycles. The number of carbonyl (C=O) groups is 1. The van der Waals surface area contributed by atoms with Crippen LogP contribution in [0.15, 0.2) is 70.0 Å². The Labute approximate surface area is 223 Å². The number of nitrogens with two attached hydrogens (primary N) is 1. The second-order valence-electron chi connectivity index (χ2n) is 9.62. The Morgan fingerprint density at radius 1 is 1.10 bits per heavy atom. The number of fused-ring (bicyclic) bond motifs is 3. The summed E-state index contributed by atoms with van der Waals surface area (Å²) in [4.78, 5) is 31.2. The summed E-state index contributed by atoms with van der Waals surface area (Å²) in [6.07, 6.45) is 1.70. The van der Waals surface area contributed by atoms with Gasteiger partial charge in [0.15, 0.2) is 5.82 Å². The minimum atomic E-state index is -0.603. The Morgan fingerprint density at radius 2 is 1.95 bits per heavy atom. The summed E-state index contributed by atoms with van der Waals surface area (Å²) in [7, 11) is 0. The first kappa shape index (κ1) is 24.4. The summed E-state index contributed by atoms with van der Waals surface area (Å²) in [6.45, 7) is 4.97. The molecule has 0 radical (unpaired) electrons. The van der Waals surface area contributed by atoms with Gasteiger partial charge in [-0.05, 0) is 59.9 Å². The molecule has 3 N–H and O–H groups in total. The van der Waals surface area contributed by atoms with E-state index >= 15 is 0 Å². The van der Waals surface area contributed by atoms with Crippen molar-refractivity contribution < 1.29 is 14.1 Å². The lowest BCUT2D eigenvalue weighted by Gasteiger charge is -2.15. The number of aryl methyl sites for hydroxylation is 1. The predicted octanol–water partition coefficient (Wildman–Crippen LogP) is 4.68. The number of ether oxygens (including phenoxy) is 1. The fourth-order valence-corrected chi connectivity index (χ4v) is 5.29. The molecule has 6 rings (SSSR count). The van der Waals surface area contributed by atoms with E-state index in [0.29, 0.717) is 30.1 Å². The van der Waals surface area contributed by atoms with Crippen LogP contribution >= 0.6 is 0 Å². The van der Waals surface area contributed by atoms with Gasteiger partial charge in [-0.1, -0.05) is 48.5 Å². The highest BCUT2D eigenvalue weighted by molar-refractivity contribution is 6.04. The fourth-order valence-electron chi connectivity index (χ4n) is 5.29. The zero-order valence-electron chi connectivity index (χ0n) is 21.7. The maximum Gasteiger partial charge on any atom is 0.439 e. The topological polar surface area (TPSA) is 129 Å². The lowest BCUT2D eigenvalue weighted by molar-refractivity contribution is 0.100. The SMILES string of the molecule is CCCc1nc2c(C(N)=O)cccc2n1Cc1ccc2c(c1)COc1ccccc1C2=C(C)c1noc(=O)[nH]1. The van der Waals surface area contributed by atoms with Crippen LogP contribution in [0.5, 0.6) is 5.75 Å². The molecule has 0 bridgehead atoms. The molecule has 9 heteroatoms. The zero-order chi connectivity index (χ0) is 27.1. The van der Waals surface area contributed by atoms with Gasteiger partial charge < -0.3 is 15.0 Å². The number of benzene rings is 3. The molecule has 0 saturated heterocycles. The van der Waals surface area contributed by atoms with Gasteiger partial charge in [0.25, 0.3) is 5.91 Å². The largest absolute Gasteiger partial charge is 0.488 e. The first-order valence-electron chi connectivity index (χ1n) is 12.8. The molecule has 3 aromatic carbocycles. The zero-order valence-corrected chi connectivity index (χ0v) is 21.7. The van der Waals surface area contributed by atoms with Gasteiger partial charge in [0, 0.05) is 24.1 Å². The third kappa shape index (κ3) is 4.31. The molecule has 2 aromatic heterocycles. The summed E-state index contributed by atoms with van der Waals surface area (Å²) < 4.78 is 13.2. The van der Waals surface area contributed by atoms with Crippen molar-refractivity contribution in [2.75, 3.05) is 0 Å². The van der Waals surface area contributed by atoms with Crippen LogP contribution in [0.2, 0.25) is 0 Å². The molecular formula is C30H27N5O4. The first-order valence-corrected chi connectivity index (χ1v) is 12.8. The smallest absolute Gasteiger partial charge is 0.439 e. The van der Waals surface area contributed by atoms with Gasteiger partial charge in [-0.3, -0.25) is 14.3 Å². The summed E-state index contributed by atoms with van der Waals surface area (Å²) in [5, 5.41) is 3.93. The van der Waals surface area contributed by atoms with Crippen molar-refractivity contribution in [3.05, 3.63) is 111 Å². The number of aromatic amines is 1. The molecule has 0 unspecified atom stereocenters. The van der Waals surface area contributed by atoms with E-state index in [0.717, 1.165) is 63.3 Å². The Balaban J connectivity index is 1.48. The van der Waals surface area contributed by atoms with Crippen molar-refractivity contribution in [1.29, 1.82) is 0 Å². The lowest BCUT2D eigenvalue weighted by atomic mass is 9.89. The highest BCUT2D eigenvalue weighted by atomic mass is 16.5. The number of nitrogens with one attached hydrogen (secondary N) is 1. The Kier molecular flexibility index (Phi) is 6.11. The second kappa shape index (κ2) is 9.75. The monoisotopic (exact) mass is 521 g/mol. The third-order valence-electron chi connectivity index (χ3n) is 7.09. The van der Waals surface area contributed by atoms with Crippen LogP contribution in [0.1, 0.15) is 64.5 Å². The van der Waals surface area contributed by atoms with Crippen LogP contribution in [0, 0.1) is 0 Å². The molecule has 9 nitrogen and oxygen atoms in total. The number of imidazole rings is 1. The Morgan fingerprint density at radius 3 is 2.72 bits per heavy atom. The van der Waals surface area contributed by atoms with Crippen LogP contribution < -0.4 is 16.2 Å². The van der Waals surface area contributed by atoms with Crippen LogP contribution in [-0.4, -0.2) is 25.6 Å². The molecule has 39 heavy (non-hydrogen) atoms. The first-order chi connectivity index (χ1) is 18.9. The number of nitrogens with zero attached hydrogens (tertiary/aromatic N) is 3. The van der Waals surface area contributed by atoms with Gasteiger partial charge in [0.05, 0.1) is 11.1 Å². The molecule has 3 heterocycles. The van der Waals surface area contributed by atoms with E-state index in [1.807, 2.05) is 43.3 Å². The number of rotatable bonds is 6. The molecule has 0 spiro atoms. The maximum absolute atomic E-state index is 12.1. The standard InChI is InChI=1S/C30H27N5O4/c1-3-7-25-32-27-22(28(31)36)9-6-10-23(27)35(25)15-18-12-13-20-19(14-18)16-38-24-11-5-4-8-21(24)26(20)17(2)29-33-30(37)39-34-29/h4-6,8-14H,3,7,15-16H2,1-2H3,(H2,31,36)(H,33,34,37). The van der Waals surface area contributed by atoms with Crippen molar-refractivity contribution in [1.82, 2.24) is 19.7 Å². The number of H-pyrrole nitrogens is 1. The quantitative estimate of drug-likeness (QED) is 0.334. The Hall–Kier alpha value is -4.92. The van der Waals surface area contributed by atoms with Crippen LogP contribution in [-0.2, 0) is 19.6 Å². The molecule has 196 valence electrons. The number of allylic oxidation sites excluding steroid dienone is 1. The molecule has 1 aliphatic heterocycles. The van der Waals surface area contributed by atoms with E-state index in [2.05, 4.69) is 39.8 Å². The molecule has 5 aromatic rings. The van der Waals surface area contributed by atoms with Gasteiger partial charge in [0.2, 0.25) is 0 Å². The van der Waals surface area contributed by atoms with Crippen molar-refractivity contribution in [2.24, 2.45) is 5.73 Å². The molecule has 0 saturated carbocycles. The number of aromatic nitrogens is 4. The third-order valence-corrected chi connectivity index (χ3v) is 7.09. The van der Waals surface area contributed by atoms with E-state index in [1.165, 1.54) is 0 Å². The summed E-state index contributed by atoms with van der Waals surface area (Å²) in [5.41, 5.74) is 13.2. The van der Waals surface area contributed by atoms with Crippen LogP contribution in [0.25, 0.3) is 22.2 Å². The minimum Gasteiger partial charge on any atom is -0.488 e. The lowest BCUT2D eigenvalue weighted by Crippen LogP contribution is -2.11. The van der Waals surface area contributed by atoms with Crippen molar-refractivity contribution >= 4 is 28.1 Å². The van der Waals surface area contributed by atoms with E-state index in [-0.39, 0.29) is 0 Å². The summed E-state index contributed by atoms with van der Waals surface area (Å²) >= 11 is 0. The second-order valence-corrected chi connectivity index (χ2v) is 9.62. The highest BCUT2D eigenvalue weighted by Crippen LogP contribution is 2.40. The van der Waals surface area contributed by atoms with Gasteiger partial charge in [-0.25, -0.2) is 9.78 Å². The van der Waals surface area contributed by atoms with E-state index in [9.17, 15) is 9.59 Å². The normalized spacial score (nSPS) is 13.9. The highest BCUT2D eigenvalue weighted by Gasteiger charge is 2.24. The van der Waals surface area contributed by atoms with Crippen molar-refractivity contribution in [3.8, 4) is 5.75 Å². The molecule has 1 amide bonds. The average Bonchev–Trinajstić information content (AvgIpc) is 3.47. The van der Waals surface area contributed by atoms with Crippen LogP contribution in [0.3, 0.4) is 0 Å². The van der Waals surface area contributed by atoms with Gasteiger partial charge >= 0.3 is 5.76 Å². The molecule has 0 atom stereocenters. The van der Waals surface area contributed by atoms with Crippen LogP contribution in [0.4, 0.5) is 0 Å². The Bertz CT molecular complexity index is 1820. The van der Waals surface area contributed by atoms with Gasteiger partial charge in [-0.15, -0.1) is 0 Å². The van der Waals surface area contributed by atoms with E-state index < -0.39 is 11.7 Å². The number of hydrogen-bond donors (Lipinski definition) is 2. The minimum absolute atomic E-state index is 0.376. The molecular weight excluding hydrogens is 494 g/mol. The number of carbonyl (C=O) groups excluding carboxylic acids is 1. The van der Waals surface area contributed by atoms with E-state index in [4.69, 9.17) is 20.0 Å². The molecule has 1 aliphatic rings. The maximum atomic E-state index is 12.1. The summed E-state index contributed by atoms with van der Waals surface area (Å²) in [5.74, 6) is 0.944. The van der Waals surface area contributed by atoms with E-state index in [1.54, 1.807) is 6.07 Å². The number of hydrogen-bond acceptors (Lipinski definition) is 6. The van der Waals surface area contributed by atoms with Crippen molar-refractivity contribution in [3.63, 3.8) is 0 Å². The molecule has 0 fully saturated rings. The number of amides is 1. The van der Waals surface area contributed by atoms with Gasteiger partial charge in [-0.2, -0.15) is 0 Å². The van der Waals surface area contributed by atoms with Gasteiger partial charge in [0.1, 0.15) is 23.7 Å². The van der Waals surface area contributed by atoms with Crippen molar-refractivity contribution in [2.45, 2.75) is 39.8 Å². The summed E-state index contributed by atoms with van der Waals surface area (Å²) in [6, 6.07) is 19.7. The predicted molar refractivity (Wildman–Crippen MR) is 147 cm³/mol.